The first-order valence-electron chi connectivity index (χ1n) is 27.5. The lowest BCUT2D eigenvalue weighted by Crippen LogP contribution is -2.25. The zero-order valence-electron chi connectivity index (χ0n) is 46.7. The lowest BCUT2D eigenvalue weighted by atomic mass is 9.86. The molecule has 5 heteroatoms. The molecule has 0 atom stereocenters. The van der Waals surface area contributed by atoms with Crippen LogP contribution in [0.3, 0.4) is 0 Å². The second-order valence-electron chi connectivity index (χ2n) is 24.2. The number of benzene rings is 9. The number of aryl methyl sites for hydroxylation is 1. The Bertz CT molecular complexity index is 4020. The van der Waals surface area contributed by atoms with Crippen LogP contribution in [0.2, 0.25) is 0 Å². The molecule has 0 saturated carbocycles. The number of pyridine rings is 1. The normalized spacial score (nSPS) is 12.9. The molecule has 9 aromatic carbocycles. The van der Waals surface area contributed by atoms with Crippen molar-refractivity contribution in [3.05, 3.63) is 241 Å². The lowest BCUT2D eigenvalue weighted by molar-refractivity contribution is 0.479. The van der Waals surface area contributed by atoms with E-state index in [9.17, 15) is 0 Å². The predicted octanol–water partition coefficient (Wildman–Crippen LogP) is 20.1. The first kappa shape index (κ1) is 50.2. The molecule has 0 N–H and O–H groups in total. The van der Waals surface area contributed by atoms with Crippen LogP contribution < -0.4 is 14.5 Å². The first-order chi connectivity index (χ1) is 37.5. The van der Waals surface area contributed by atoms with E-state index < -0.39 is 0 Å². The van der Waals surface area contributed by atoms with Gasteiger partial charge in [-0.15, -0.1) is 0 Å². The number of nitrogens with zero attached hydrogens (tertiary/aromatic N) is 4. The minimum Gasteiger partial charge on any atom is -0.457 e. The molecule has 0 amide bonds. The topological polar surface area (TPSA) is 33.5 Å². The molecule has 5 nitrogen and oxygen atoms in total. The summed E-state index contributed by atoms with van der Waals surface area (Å²) < 4.78 is 9.68. The summed E-state index contributed by atoms with van der Waals surface area (Å²) in [5.74, 6) is 2.38. The van der Waals surface area contributed by atoms with Gasteiger partial charge in [0.05, 0.1) is 28.1 Å². The van der Waals surface area contributed by atoms with E-state index in [1.165, 1.54) is 44.6 Å². The number of rotatable bonds is 9. The molecule has 0 bridgehead atoms. The third-order valence-corrected chi connectivity index (χ3v) is 15.7. The van der Waals surface area contributed by atoms with Crippen LogP contribution in [0.25, 0.3) is 72.1 Å². The zero-order chi connectivity index (χ0) is 54.1. The number of anilines is 4. The standard InChI is InChI=1S/C73H68N4O/c1-48-40-68(74-46-63(48)50-24-15-12-16-25-50)77-64-29-18-17-26-61(64)69-62(52-34-38-54(39-35-52)72(5,6)7)44-58(45-67(69)77)78-57-42-55(73(8,9)10)41-56(43-57)75-47-76(66-31-20-19-30-65(66)75)70-59(49-22-13-11-14-23-49)27-21-28-60(70)51-32-36-53(37-33-51)71(2,3)4/h11-46H,47H2,1-10H3. The average molecular weight is 1020 g/mol. The molecule has 0 saturated heterocycles. The van der Waals surface area contributed by atoms with Gasteiger partial charge in [0.1, 0.15) is 24.0 Å². The van der Waals surface area contributed by atoms with E-state index in [2.05, 4.69) is 296 Å². The molecule has 3 heterocycles. The Morgan fingerprint density at radius 1 is 0.410 bits per heavy atom. The Hall–Kier alpha value is -8.67. The minimum atomic E-state index is -0.189. The van der Waals surface area contributed by atoms with Crippen LogP contribution in [0.5, 0.6) is 11.5 Å². The molecule has 2 aromatic heterocycles. The predicted molar refractivity (Wildman–Crippen MR) is 330 cm³/mol. The third kappa shape index (κ3) is 9.31. The Kier molecular flexibility index (Phi) is 12.5. The number of ether oxygens (including phenoxy) is 1. The Morgan fingerprint density at radius 3 is 1.51 bits per heavy atom. The van der Waals surface area contributed by atoms with Crippen molar-refractivity contribution in [3.63, 3.8) is 0 Å². The quantitative estimate of drug-likeness (QED) is 0.144. The fourth-order valence-electron chi connectivity index (χ4n) is 11.4. The van der Waals surface area contributed by atoms with E-state index in [1.54, 1.807) is 0 Å². The number of para-hydroxylation sites is 4. The van der Waals surface area contributed by atoms with Crippen molar-refractivity contribution in [1.82, 2.24) is 9.55 Å². The first-order valence-corrected chi connectivity index (χ1v) is 27.5. The highest BCUT2D eigenvalue weighted by molar-refractivity contribution is 6.16. The summed E-state index contributed by atoms with van der Waals surface area (Å²) in [5, 5.41) is 2.32. The summed E-state index contributed by atoms with van der Waals surface area (Å²) in [5.41, 5.74) is 20.7. The fourth-order valence-corrected chi connectivity index (χ4v) is 11.4. The molecule has 11 aromatic rings. The average Bonchev–Trinajstić information content (AvgIpc) is 4.23. The van der Waals surface area contributed by atoms with Gasteiger partial charge in [0.15, 0.2) is 0 Å². The maximum absolute atomic E-state index is 7.36. The van der Waals surface area contributed by atoms with Gasteiger partial charge in [-0.2, -0.15) is 0 Å². The van der Waals surface area contributed by atoms with Crippen LogP contribution in [0, 0.1) is 6.92 Å². The van der Waals surface area contributed by atoms with Crippen molar-refractivity contribution < 1.29 is 4.74 Å². The van der Waals surface area contributed by atoms with Gasteiger partial charge in [-0.25, -0.2) is 4.98 Å². The van der Waals surface area contributed by atoms with Crippen LogP contribution in [0.1, 0.15) is 84.6 Å². The monoisotopic (exact) mass is 1020 g/mol. The van der Waals surface area contributed by atoms with E-state index in [0.717, 1.165) is 84.0 Å². The highest BCUT2D eigenvalue weighted by atomic mass is 16.5. The van der Waals surface area contributed by atoms with Crippen LogP contribution >= 0.6 is 0 Å². The van der Waals surface area contributed by atoms with Crippen LogP contribution in [0.4, 0.5) is 22.7 Å². The summed E-state index contributed by atoms with van der Waals surface area (Å²) in [6.45, 7) is 23.3. The molecule has 78 heavy (non-hydrogen) atoms. The van der Waals surface area contributed by atoms with Crippen molar-refractivity contribution >= 4 is 44.6 Å². The molecule has 0 fully saturated rings. The molecule has 1 aliphatic rings. The second kappa shape index (κ2) is 19.4. The van der Waals surface area contributed by atoms with E-state index in [4.69, 9.17) is 9.72 Å². The summed E-state index contributed by atoms with van der Waals surface area (Å²) in [6, 6.07) is 77.5. The Balaban J connectivity index is 1.01. The van der Waals surface area contributed by atoms with Crippen molar-refractivity contribution in [1.29, 1.82) is 0 Å². The van der Waals surface area contributed by atoms with Crippen molar-refractivity contribution in [2.75, 3.05) is 16.5 Å². The molecule has 0 spiro atoms. The van der Waals surface area contributed by atoms with Crippen LogP contribution in [0.15, 0.2) is 219 Å². The lowest BCUT2D eigenvalue weighted by Gasteiger charge is -2.28. The van der Waals surface area contributed by atoms with Crippen molar-refractivity contribution in [3.8, 4) is 61.8 Å². The van der Waals surface area contributed by atoms with Gasteiger partial charge < -0.3 is 14.5 Å². The van der Waals surface area contributed by atoms with E-state index >= 15 is 0 Å². The van der Waals surface area contributed by atoms with E-state index in [0.29, 0.717) is 6.67 Å². The van der Waals surface area contributed by atoms with Crippen molar-refractivity contribution in [2.24, 2.45) is 0 Å². The van der Waals surface area contributed by atoms with Gasteiger partial charge >= 0.3 is 0 Å². The maximum Gasteiger partial charge on any atom is 0.137 e. The van der Waals surface area contributed by atoms with E-state index in [-0.39, 0.29) is 16.2 Å². The van der Waals surface area contributed by atoms with Crippen LogP contribution in [-0.2, 0) is 16.2 Å². The second-order valence-corrected chi connectivity index (χ2v) is 24.2. The maximum atomic E-state index is 7.36. The molecular weight excluding hydrogens is 949 g/mol. The number of hydrogen-bond acceptors (Lipinski definition) is 4. The smallest absolute Gasteiger partial charge is 0.137 e. The molecule has 0 unspecified atom stereocenters. The van der Waals surface area contributed by atoms with Gasteiger partial charge in [-0.05, 0) is 116 Å². The number of hydrogen-bond donors (Lipinski definition) is 0. The van der Waals surface area contributed by atoms with Gasteiger partial charge in [0.2, 0.25) is 0 Å². The molecular formula is C73H68N4O. The Labute approximate surface area is 461 Å². The molecule has 12 rings (SSSR count). The SMILES string of the molecule is Cc1cc(-n2c3ccccc3c3c(-c4ccc(C(C)(C)C)cc4)cc(Oc4cc(N5CN(c6c(-c7ccccc7)cccc6-c6ccc(C(C)(C)C)cc6)c6ccccc65)cc(C(C)(C)C)c4)cc32)ncc1-c1ccccc1. The van der Waals surface area contributed by atoms with Gasteiger partial charge in [0, 0.05) is 51.5 Å². The van der Waals surface area contributed by atoms with Gasteiger partial charge in [0.25, 0.3) is 0 Å². The minimum absolute atomic E-state index is 0.0128. The molecule has 0 radical (unpaired) electrons. The summed E-state index contributed by atoms with van der Waals surface area (Å²) in [7, 11) is 0. The Morgan fingerprint density at radius 2 is 0.923 bits per heavy atom. The molecule has 0 aliphatic carbocycles. The highest BCUT2D eigenvalue weighted by Gasteiger charge is 2.33. The largest absolute Gasteiger partial charge is 0.457 e. The van der Waals surface area contributed by atoms with Crippen molar-refractivity contribution in [2.45, 2.75) is 85.5 Å². The zero-order valence-corrected chi connectivity index (χ0v) is 46.7. The third-order valence-electron chi connectivity index (χ3n) is 15.7. The van der Waals surface area contributed by atoms with Gasteiger partial charge in [-0.3, -0.25) is 4.57 Å². The van der Waals surface area contributed by atoms with E-state index in [1.807, 2.05) is 6.20 Å². The molecule has 1 aliphatic heterocycles. The van der Waals surface area contributed by atoms with Gasteiger partial charge in [-0.1, -0.05) is 220 Å². The summed E-state index contributed by atoms with van der Waals surface area (Å²) in [6.07, 6.45) is 2.02. The summed E-state index contributed by atoms with van der Waals surface area (Å²) in [4.78, 5) is 10.2. The number of fused-ring (bicyclic) bond motifs is 4. The molecule has 386 valence electrons. The fraction of sp³-hybridized carbons (Fsp3) is 0.192. The van der Waals surface area contributed by atoms with Crippen LogP contribution in [-0.4, -0.2) is 16.2 Å². The number of aromatic nitrogens is 2. The highest BCUT2D eigenvalue weighted by Crippen LogP contribution is 2.52. The summed E-state index contributed by atoms with van der Waals surface area (Å²) >= 11 is 0.